The molecule has 1 aromatic carbocycles. The van der Waals surface area contributed by atoms with Gasteiger partial charge in [-0.2, -0.15) is 0 Å². The van der Waals surface area contributed by atoms with Crippen molar-refractivity contribution < 1.29 is 9.21 Å². The van der Waals surface area contributed by atoms with Gasteiger partial charge in [-0.05, 0) is 31.5 Å². The van der Waals surface area contributed by atoms with E-state index in [4.69, 9.17) is 10.3 Å². The molecule has 3 N–H and O–H groups in total. The lowest BCUT2D eigenvalue weighted by Crippen LogP contribution is -2.29. The second kappa shape index (κ2) is 5.90. The number of hydrogen-bond donors (Lipinski definition) is 2. The molecule has 5 nitrogen and oxygen atoms in total. The minimum atomic E-state index is -0.293. The van der Waals surface area contributed by atoms with E-state index in [1.165, 1.54) is 11.8 Å². The number of hydrogen-bond acceptors (Lipinski definition) is 5. The third-order valence-electron chi connectivity index (χ3n) is 2.72. The maximum Gasteiger partial charge on any atom is 0.265 e. The van der Waals surface area contributed by atoms with Crippen LogP contribution in [0.5, 0.6) is 0 Å². The van der Waals surface area contributed by atoms with Crippen LogP contribution in [0.2, 0.25) is 0 Å². The number of nitrogens with zero attached hydrogens (tertiary/aromatic N) is 1. The Bertz CT molecular complexity index is 559. The number of carbonyl (C=O) groups is 1. The van der Waals surface area contributed by atoms with Gasteiger partial charge in [0.25, 0.3) is 11.1 Å². The highest BCUT2D eigenvalue weighted by molar-refractivity contribution is 7.98. The molecular weight excluding hydrogens is 262 g/mol. The summed E-state index contributed by atoms with van der Waals surface area (Å²) in [6, 6.07) is 7.26. The number of rotatable bonds is 4. The second-order valence-electron chi connectivity index (χ2n) is 4.08. The third kappa shape index (κ3) is 3.36. The zero-order valence-electron chi connectivity index (χ0n) is 10.8. The van der Waals surface area contributed by atoms with Crippen LogP contribution in [0.1, 0.15) is 27.4 Å². The highest BCUT2D eigenvalue weighted by Crippen LogP contribution is 2.24. The fourth-order valence-corrected chi connectivity index (χ4v) is 2.35. The van der Waals surface area contributed by atoms with Crippen molar-refractivity contribution in [3.8, 4) is 0 Å². The van der Waals surface area contributed by atoms with Crippen molar-refractivity contribution in [3.05, 3.63) is 46.8 Å². The highest BCUT2D eigenvalue weighted by atomic mass is 32.2. The van der Waals surface area contributed by atoms with Gasteiger partial charge in [-0.3, -0.25) is 10.2 Å². The number of carbonyl (C=O) groups excluding carboxylic acids is 1. The molecule has 0 saturated heterocycles. The quantitative estimate of drug-likeness (QED) is 0.387. The lowest BCUT2D eigenvalue weighted by Gasteiger charge is -2.01. The summed E-state index contributed by atoms with van der Waals surface area (Å²) in [7, 11) is 0. The summed E-state index contributed by atoms with van der Waals surface area (Å²) >= 11 is 1.53. The Balaban J connectivity index is 1.98. The van der Waals surface area contributed by atoms with Gasteiger partial charge in [0.1, 0.15) is 5.76 Å². The van der Waals surface area contributed by atoms with Crippen LogP contribution in [-0.4, -0.2) is 10.9 Å². The summed E-state index contributed by atoms with van der Waals surface area (Å²) in [4.78, 5) is 15.6. The number of aromatic nitrogens is 1. The van der Waals surface area contributed by atoms with Crippen LogP contribution in [0, 0.1) is 13.8 Å². The number of benzene rings is 1. The number of nitrogens with two attached hydrogens (primary N) is 1. The van der Waals surface area contributed by atoms with Gasteiger partial charge in [-0.25, -0.2) is 10.8 Å². The lowest BCUT2D eigenvalue weighted by molar-refractivity contribution is 0.0953. The molecule has 1 amide bonds. The number of nitrogens with one attached hydrogen (secondary N) is 1. The summed E-state index contributed by atoms with van der Waals surface area (Å²) in [6.07, 6.45) is 0. The summed E-state index contributed by atoms with van der Waals surface area (Å²) in [6.45, 7) is 3.82. The molecule has 0 fully saturated rings. The van der Waals surface area contributed by atoms with E-state index in [0.717, 1.165) is 22.8 Å². The van der Waals surface area contributed by atoms with E-state index in [2.05, 4.69) is 10.4 Å². The summed E-state index contributed by atoms with van der Waals surface area (Å²) < 4.78 is 5.49. The number of aryl methyl sites for hydroxylation is 2. The Morgan fingerprint density at radius 3 is 2.58 bits per heavy atom. The van der Waals surface area contributed by atoms with E-state index in [1.807, 2.05) is 26.0 Å². The maximum absolute atomic E-state index is 11.3. The predicted octanol–water partition coefficient (Wildman–Crippen LogP) is 2.19. The molecule has 2 aromatic rings. The fourth-order valence-electron chi connectivity index (χ4n) is 1.49. The standard InChI is InChI=1S/C13H15N3O2S/c1-8-9(2)18-13(15-8)19-7-10-3-5-11(6-4-10)12(17)16-14/h3-6H,7,14H2,1-2H3,(H,16,17). The van der Waals surface area contributed by atoms with Gasteiger partial charge in [0.15, 0.2) is 0 Å². The van der Waals surface area contributed by atoms with E-state index in [0.29, 0.717) is 10.8 Å². The molecule has 0 atom stereocenters. The maximum atomic E-state index is 11.3. The Kier molecular flexibility index (Phi) is 4.24. The van der Waals surface area contributed by atoms with Crippen LogP contribution in [-0.2, 0) is 5.75 Å². The molecule has 0 aliphatic heterocycles. The molecule has 100 valence electrons. The minimum Gasteiger partial charge on any atom is -0.437 e. The van der Waals surface area contributed by atoms with Crippen LogP contribution in [0.15, 0.2) is 33.9 Å². The first-order valence-corrected chi connectivity index (χ1v) is 6.75. The van der Waals surface area contributed by atoms with Gasteiger partial charge in [0.05, 0.1) is 5.69 Å². The topological polar surface area (TPSA) is 81.2 Å². The van der Waals surface area contributed by atoms with Gasteiger partial charge in [0.2, 0.25) is 0 Å². The largest absolute Gasteiger partial charge is 0.437 e. The van der Waals surface area contributed by atoms with E-state index in [9.17, 15) is 4.79 Å². The molecule has 6 heteroatoms. The van der Waals surface area contributed by atoms with Crippen molar-refractivity contribution in [1.82, 2.24) is 10.4 Å². The van der Waals surface area contributed by atoms with E-state index < -0.39 is 0 Å². The van der Waals surface area contributed by atoms with Crippen molar-refractivity contribution in [1.29, 1.82) is 0 Å². The van der Waals surface area contributed by atoms with Crippen LogP contribution in [0.25, 0.3) is 0 Å². The minimum absolute atomic E-state index is 0.293. The molecular formula is C13H15N3O2S. The van der Waals surface area contributed by atoms with Gasteiger partial charge in [-0.1, -0.05) is 23.9 Å². The number of hydrazine groups is 1. The zero-order chi connectivity index (χ0) is 13.8. The predicted molar refractivity (Wildman–Crippen MR) is 73.6 cm³/mol. The molecule has 0 radical (unpaired) electrons. The number of nitrogen functional groups attached to an aromatic ring is 1. The Morgan fingerprint density at radius 1 is 1.37 bits per heavy atom. The third-order valence-corrected chi connectivity index (χ3v) is 3.62. The van der Waals surface area contributed by atoms with Gasteiger partial charge >= 0.3 is 0 Å². The van der Waals surface area contributed by atoms with Crippen LogP contribution in [0.3, 0.4) is 0 Å². The van der Waals surface area contributed by atoms with E-state index in [1.54, 1.807) is 12.1 Å². The molecule has 19 heavy (non-hydrogen) atoms. The molecule has 1 aromatic heterocycles. The summed E-state index contributed by atoms with van der Waals surface area (Å²) in [5.41, 5.74) is 4.64. The van der Waals surface area contributed by atoms with Crippen molar-refractivity contribution >= 4 is 17.7 Å². The first-order chi connectivity index (χ1) is 9.10. The first-order valence-electron chi connectivity index (χ1n) is 5.77. The van der Waals surface area contributed by atoms with Crippen molar-refractivity contribution in [2.45, 2.75) is 24.8 Å². The monoisotopic (exact) mass is 277 g/mol. The molecule has 2 rings (SSSR count). The lowest BCUT2D eigenvalue weighted by atomic mass is 10.1. The SMILES string of the molecule is Cc1nc(SCc2ccc(C(=O)NN)cc2)oc1C. The number of oxazole rings is 1. The number of amides is 1. The molecule has 0 unspecified atom stereocenters. The molecule has 1 heterocycles. The van der Waals surface area contributed by atoms with Gasteiger partial charge in [0, 0.05) is 11.3 Å². The van der Waals surface area contributed by atoms with Crippen molar-refractivity contribution in [2.24, 2.45) is 5.84 Å². The zero-order valence-corrected chi connectivity index (χ0v) is 11.6. The van der Waals surface area contributed by atoms with Gasteiger partial charge in [-0.15, -0.1) is 0 Å². The Labute approximate surface area is 115 Å². The van der Waals surface area contributed by atoms with Gasteiger partial charge < -0.3 is 4.42 Å². The summed E-state index contributed by atoms with van der Waals surface area (Å²) in [5.74, 6) is 6.36. The Morgan fingerprint density at radius 2 is 2.05 bits per heavy atom. The molecule has 0 bridgehead atoms. The van der Waals surface area contributed by atoms with Crippen LogP contribution >= 0.6 is 11.8 Å². The normalized spacial score (nSPS) is 10.5. The van der Waals surface area contributed by atoms with E-state index >= 15 is 0 Å². The molecule has 0 aliphatic carbocycles. The highest BCUT2D eigenvalue weighted by Gasteiger charge is 2.07. The van der Waals surface area contributed by atoms with Crippen LogP contribution in [0.4, 0.5) is 0 Å². The second-order valence-corrected chi connectivity index (χ2v) is 5.01. The van der Waals surface area contributed by atoms with Crippen LogP contribution < -0.4 is 11.3 Å². The Hall–Kier alpha value is -1.79. The average molecular weight is 277 g/mol. The molecule has 0 saturated carbocycles. The molecule has 0 spiro atoms. The summed E-state index contributed by atoms with van der Waals surface area (Å²) in [5, 5.41) is 0.666. The fraction of sp³-hybridized carbons (Fsp3) is 0.231. The first kappa shape index (κ1) is 13.6. The van der Waals surface area contributed by atoms with E-state index in [-0.39, 0.29) is 5.91 Å². The van der Waals surface area contributed by atoms with Crippen molar-refractivity contribution in [3.63, 3.8) is 0 Å². The smallest absolute Gasteiger partial charge is 0.265 e. The van der Waals surface area contributed by atoms with Crippen molar-refractivity contribution in [2.75, 3.05) is 0 Å². The number of thioether (sulfide) groups is 1. The average Bonchev–Trinajstić information content (AvgIpc) is 2.75. The molecule has 0 aliphatic rings.